The molecule has 0 spiro atoms. The fraction of sp³-hybridized carbons (Fsp3) is 0.350. The summed E-state index contributed by atoms with van der Waals surface area (Å²) in [5.74, 6) is 0.0572. The maximum Gasteiger partial charge on any atom is 0.240 e. The largest absolute Gasteiger partial charge is 0.312 e. The second kappa shape index (κ2) is 6.85. The van der Waals surface area contributed by atoms with Crippen molar-refractivity contribution in [3.8, 4) is 0 Å². The second-order valence-corrected chi connectivity index (χ2v) is 9.11. The normalized spacial score (nSPS) is 14.3. The first-order chi connectivity index (χ1) is 12.2. The fourth-order valence-corrected chi connectivity index (χ4v) is 4.17. The molecular formula is C20H24N2O3S. The highest BCUT2D eigenvalue weighted by molar-refractivity contribution is 7.89. The number of nitrogens with one attached hydrogen (secondary N) is 1. The molecule has 2 aromatic carbocycles. The van der Waals surface area contributed by atoms with Crippen LogP contribution in [-0.4, -0.2) is 27.9 Å². The first-order valence-corrected chi connectivity index (χ1v) is 10.2. The summed E-state index contributed by atoms with van der Waals surface area (Å²) >= 11 is 0. The quantitative estimate of drug-likeness (QED) is 0.878. The maximum absolute atomic E-state index is 12.9. The van der Waals surface area contributed by atoms with Crippen LogP contribution in [0.1, 0.15) is 31.4 Å². The molecule has 1 aliphatic heterocycles. The van der Waals surface area contributed by atoms with Gasteiger partial charge in [0, 0.05) is 18.7 Å². The number of fused-ring (bicyclic) bond motifs is 1. The van der Waals surface area contributed by atoms with Crippen molar-refractivity contribution >= 4 is 21.6 Å². The van der Waals surface area contributed by atoms with E-state index in [4.69, 9.17) is 0 Å². The van der Waals surface area contributed by atoms with Gasteiger partial charge in [-0.25, -0.2) is 13.1 Å². The number of hydrogen-bond donors (Lipinski definition) is 1. The van der Waals surface area contributed by atoms with Gasteiger partial charge in [-0.15, -0.1) is 0 Å². The van der Waals surface area contributed by atoms with E-state index in [9.17, 15) is 13.2 Å². The lowest BCUT2D eigenvalue weighted by Crippen LogP contribution is -2.34. The highest BCUT2D eigenvalue weighted by Gasteiger charge is 2.31. The molecule has 0 unspecified atom stereocenters. The summed E-state index contributed by atoms with van der Waals surface area (Å²) in [6.45, 7) is 4.72. The van der Waals surface area contributed by atoms with Gasteiger partial charge < -0.3 is 4.90 Å². The fourth-order valence-electron chi connectivity index (χ4n) is 3.39. The molecule has 0 fully saturated rings. The van der Waals surface area contributed by atoms with Crippen molar-refractivity contribution in [3.63, 3.8) is 0 Å². The number of nitrogens with zero attached hydrogens (tertiary/aromatic N) is 1. The van der Waals surface area contributed by atoms with Crippen molar-refractivity contribution in [2.24, 2.45) is 0 Å². The molecule has 0 atom stereocenters. The zero-order valence-corrected chi connectivity index (χ0v) is 16.1. The van der Waals surface area contributed by atoms with E-state index in [0.717, 1.165) is 16.8 Å². The van der Waals surface area contributed by atoms with Gasteiger partial charge in [-0.05, 0) is 48.2 Å². The predicted octanol–water partition coefficient (Wildman–Crippen LogP) is 2.85. The number of anilines is 1. The Kier molecular flexibility index (Phi) is 4.90. The lowest BCUT2D eigenvalue weighted by atomic mass is 9.81. The van der Waals surface area contributed by atoms with Crippen molar-refractivity contribution in [1.29, 1.82) is 0 Å². The van der Waals surface area contributed by atoms with E-state index >= 15 is 0 Å². The van der Waals surface area contributed by atoms with Gasteiger partial charge in [-0.2, -0.15) is 0 Å². The lowest BCUT2D eigenvalue weighted by Gasteiger charge is -2.28. The summed E-state index contributed by atoms with van der Waals surface area (Å²) in [5.41, 5.74) is 2.57. The number of hydrogen-bond acceptors (Lipinski definition) is 3. The monoisotopic (exact) mass is 372 g/mol. The molecule has 1 amide bonds. The average molecular weight is 372 g/mol. The van der Waals surface area contributed by atoms with Crippen molar-refractivity contribution in [1.82, 2.24) is 4.72 Å². The first-order valence-electron chi connectivity index (χ1n) is 8.67. The third-order valence-corrected chi connectivity index (χ3v) is 6.39. The Morgan fingerprint density at radius 1 is 1.15 bits per heavy atom. The molecule has 5 nitrogen and oxygen atoms in total. The summed E-state index contributed by atoms with van der Waals surface area (Å²) in [4.78, 5) is 14.9. The molecule has 0 saturated heterocycles. The van der Waals surface area contributed by atoms with Crippen LogP contribution < -0.4 is 9.62 Å². The minimum absolute atomic E-state index is 0.0572. The summed E-state index contributed by atoms with van der Waals surface area (Å²) in [6, 6.07) is 15.0. The van der Waals surface area contributed by atoms with E-state index in [-0.39, 0.29) is 16.2 Å². The molecule has 2 aromatic rings. The highest BCUT2D eigenvalue weighted by Crippen LogP contribution is 2.33. The Balaban J connectivity index is 1.82. The molecule has 26 heavy (non-hydrogen) atoms. The number of sulfonamides is 1. The summed E-state index contributed by atoms with van der Waals surface area (Å²) in [6.07, 6.45) is 1.06. The Labute approximate surface area is 155 Å². The van der Waals surface area contributed by atoms with Crippen LogP contribution in [0.15, 0.2) is 53.4 Å². The lowest BCUT2D eigenvalue weighted by molar-refractivity contribution is -0.119. The van der Waals surface area contributed by atoms with Gasteiger partial charge >= 0.3 is 0 Å². The smallest absolute Gasteiger partial charge is 0.240 e. The van der Waals surface area contributed by atoms with Crippen molar-refractivity contribution in [3.05, 3.63) is 59.7 Å². The number of benzene rings is 2. The molecule has 6 heteroatoms. The third-order valence-electron chi connectivity index (χ3n) is 4.98. The number of carbonyl (C=O) groups excluding carboxylic acids is 1. The zero-order valence-electron chi connectivity index (χ0n) is 15.3. The van der Waals surface area contributed by atoms with Crippen LogP contribution >= 0.6 is 0 Å². The Morgan fingerprint density at radius 3 is 2.50 bits per heavy atom. The van der Waals surface area contributed by atoms with Gasteiger partial charge in [0.25, 0.3) is 0 Å². The minimum Gasteiger partial charge on any atom is -0.312 e. The van der Waals surface area contributed by atoms with Crippen LogP contribution in [0.2, 0.25) is 0 Å². The van der Waals surface area contributed by atoms with Crippen LogP contribution in [-0.2, 0) is 26.7 Å². The summed E-state index contributed by atoms with van der Waals surface area (Å²) in [7, 11) is -2.08. The average Bonchev–Trinajstić information content (AvgIpc) is 3.05. The molecule has 0 radical (unpaired) electrons. The second-order valence-electron chi connectivity index (χ2n) is 7.22. The number of rotatable bonds is 5. The van der Waals surface area contributed by atoms with E-state index in [1.54, 1.807) is 23.1 Å². The van der Waals surface area contributed by atoms with Crippen LogP contribution in [0.3, 0.4) is 0 Å². The Hall–Kier alpha value is -2.18. The standard InChI is InChI=1S/C20H24N2O3S/c1-20(2,16-7-5-4-6-8-16)14-19(23)22-12-11-15-13-17(9-10-18(15)22)26(24,25)21-3/h4-10,13,21H,11-12,14H2,1-3H3. The molecule has 0 saturated carbocycles. The van der Waals surface area contributed by atoms with Crippen LogP contribution in [0, 0.1) is 0 Å². The van der Waals surface area contributed by atoms with Gasteiger partial charge in [-0.1, -0.05) is 44.2 Å². The predicted molar refractivity (Wildman–Crippen MR) is 103 cm³/mol. The molecule has 0 aromatic heterocycles. The van der Waals surface area contributed by atoms with E-state index in [2.05, 4.69) is 18.6 Å². The summed E-state index contributed by atoms with van der Waals surface area (Å²) in [5, 5.41) is 0. The molecule has 1 N–H and O–H groups in total. The molecule has 1 heterocycles. The molecule has 138 valence electrons. The van der Waals surface area contributed by atoms with E-state index in [1.807, 2.05) is 30.3 Å². The van der Waals surface area contributed by atoms with Gasteiger partial charge in [0.15, 0.2) is 0 Å². The highest BCUT2D eigenvalue weighted by atomic mass is 32.2. The number of carbonyl (C=O) groups is 1. The van der Waals surface area contributed by atoms with Gasteiger partial charge in [-0.3, -0.25) is 4.79 Å². The van der Waals surface area contributed by atoms with Gasteiger partial charge in [0.05, 0.1) is 4.90 Å². The van der Waals surface area contributed by atoms with Crippen LogP contribution in [0.25, 0.3) is 0 Å². The van der Waals surface area contributed by atoms with Gasteiger partial charge in [0.2, 0.25) is 15.9 Å². The topological polar surface area (TPSA) is 66.5 Å². The minimum atomic E-state index is -3.48. The van der Waals surface area contributed by atoms with Crippen LogP contribution in [0.4, 0.5) is 5.69 Å². The van der Waals surface area contributed by atoms with E-state index in [0.29, 0.717) is 19.4 Å². The van der Waals surface area contributed by atoms with Crippen LogP contribution in [0.5, 0.6) is 0 Å². The van der Waals surface area contributed by atoms with Gasteiger partial charge in [0.1, 0.15) is 0 Å². The SMILES string of the molecule is CNS(=O)(=O)c1ccc2c(c1)CCN2C(=O)CC(C)(C)c1ccccc1. The molecule has 0 bridgehead atoms. The number of amides is 1. The molecule has 0 aliphatic carbocycles. The zero-order chi connectivity index (χ0) is 18.9. The maximum atomic E-state index is 12.9. The summed E-state index contributed by atoms with van der Waals surface area (Å²) < 4.78 is 26.3. The third kappa shape index (κ3) is 3.52. The van der Waals surface area contributed by atoms with Crippen molar-refractivity contribution in [2.75, 3.05) is 18.5 Å². The van der Waals surface area contributed by atoms with E-state index < -0.39 is 10.0 Å². The van der Waals surface area contributed by atoms with Crippen molar-refractivity contribution < 1.29 is 13.2 Å². The van der Waals surface area contributed by atoms with E-state index in [1.165, 1.54) is 7.05 Å². The molecular weight excluding hydrogens is 348 g/mol. The van der Waals surface area contributed by atoms with Crippen molar-refractivity contribution in [2.45, 2.75) is 37.0 Å². The Bertz CT molecular complexity index is 921. The Morgan fingerprint density at radius 2 is 1.85 bits per heavy atom. The molecule has 1 aliphatic rings. The molecule has 3 rings (SSSR count). The first kappa shape index (κ1) is 18.6.